The van der Waals surface area contributed by atoms with Gasteiger partial charge >= 0.3 is 0 Å². The van der Waals surface area contributed by atoms with E-state index in [1.807, 2.05) is 0 Å². The fourth-order valence-electron chi connectivity index (χ4n) is 1.38. The van der Waals surface area contributed by atoms with Crippen molar-refractivity contribution >= 4 is 42.9 Å². The van der Waals surface area contributed by atoms with Gasteiger partial charge in [-0.25, -0.2) is 8.42 Å². The van der Waals surface area contributed by atoms with Crippen LogP contribution >= 0.6 is 22.3 Å². The third-order valence-corrected chi connectivity index (χ3v) is 4.40. The molecule has 0 spiro atoms. The zero-order chi connectivity index (χ0) is 15.7. The third kappa shape index (κ3) is 3.38. The van der Waals surface area contributed by atoms with E-state index < -0.39 is 35.5 Å². The predicted octanol–water partition coefficient (Wildman–Crippen LogP) is 2.27. The van der Waals surface area contributed by atoms with Gasteiger partial charge in [0.25, 0.3) is 20.6 Å². The summed E-state index contributed by atoms with van der Waals surface area (Å²) in [6.07, 6.45) is 0. The van der Waals surface area contributed by atoms with Crippen LogP contribution in [0.1, 0.15) is 17.3 Å². The number of halogens is 2. The average Bonchev–Trinajstić information content (AvgIpc) is 2.35. The summed E-state index contributed by atoms with van der Waals surface area (Å²) in [6, 6.07) is 1.84. The van der Waals surface area contributed by atoms with Gasteiger partial charge in [0.15, 0.2) is 0 Å². The number of benzene rings is 1. The Labute approximate surface area is 124 Å². The van der Waals surface area contributed by atoms with Crippen molar-refractivity contribution in [1.29, 1.82) is 0 Å². The Kier molecular flexibility index (Phi) is 4.95. The molecule has 0 heterocycles. The zero-order valence-electron chi connectivity index (χ0n) is 10.5. The van der Waals surface area contributed by atoms with Gasteiger partial charge in [0.2, 0.25) is 0 Å². The average molecular weight is 341 g/mol. The zero-order valence-corrected chi connectivity index (χ0v) is 12.8. The number of hydrogen-bond acceptors (Lipinski definition) is 5. The molecule has 0 N–H and O–H groups in total. The van der Waals surface area contributed by atoms with E-state index in [0.717, 1.165) is 12.1 Å². The summed E-state index contributed by atoms with van der Waals surface area (Å²) in [7, 11) is 2.33. The van der Waals surface area contributed by atoms with Crippen molar-refractivity contribution in [1.82, 2.24) is 4.90 Å². The van der Waals surface area contributed by atoms with Crippen LogP contribution < -0.4 is 0 Å². The van der Waals surface area contributed by atoms with E-state index in [2.05, 4.69) is 0 Å². The second-order valence-corrected chi connectivity index (χ2v) is 6.73. The lowest BCUT2D eigenvalue weighted by molar-refractivity contribution is -0.384. The third-order valence-electron chi connectivity index (χ3n) is 2.55. The summed E-state index contributed by atoms with van der Waals surface area (Å²) in [5.41, 5.74) is -0.870. The number of nitrogens with zero attached hydrogens (tertiary/aromatic N) is 2. The van der Waals surface area contributed by atoms with E-state index in [1.165, 1.54) is 11.9 Å². The maximum Gasteiger partial charge on any atom is 0.290 e. The molecule has 0 aliphatic carbocycles. The standard InChI is InChI=1S/C10H10Cl2N2O5S/c1-3-13(2)10(15)6-4-7(14(16)17)9(11)8(5-6)20(12,18)19/h4-5H,3H2,1-2H3. The highest BCUT2D eigenvalue weighted by molar-refractivity contribution is 8.13. The number of amides is 1. The molecule has 1 aromatic carbocycles. The lowest BCUT2D eigenvalue weighted by atomic mass is 10.1. The molecule has 1 rings (SSSR count). The van der Waals surface area contributed by atoms with E-state index in [9.17, 15) is 23.3 Å². The van der Waals surface area contributed by atoms with Gasteiger partial charge in [-0.3, -0.25) is 14.9 Å². The number of nitro groups is 1. The highest BCUT2D eigenvalue weighted by atomic mass is 35.7. The first-order valence-corrected chi connectivity index (χ1v) is 7.96. The molecule has 10 heteroatoms. The topological polar surface area (TPSA) is 97.6 Å². The first-order chi connectivity index (χ1) is 9.09. The van der Waals surface area contributed by atoms with Gasteiger partial charge in [-0.15, -0.1) is 0 Å². The quantitative estimate of drug-likeness (QED) is 0.475. The van der Waals surface area contributed by atoms with E-state index >= 15 is 0 Å². The van der Waals surface area contributed by atoms with E-state index in [0.29, 0.717) is 6.54 Å². The van der Waals surface area contributed by atoms with E-state index in [-0.39, 0.29) is 5.56 Å². The van der Waals surface area contributed by atoms with Crippen LogP contribution in [0.2, 0.25) is 5.02 Å². The number of hydrogen-bond donors (Lipinski definition) is 0. The fraction of sp³-hybridized carbons (Fsp3) is 0.300. The number of nitro benzene ring substituents is 1. The van der Waals surface area contributed by atoms with Crippen LogP contribution in [0.25, 0.3) is 0 Å². The SMILES string of the molecule is CCN(C)C(=O)c1cc([N+](=O)[O-])c(Cl)c(S(=O)(=O)Cl)c1. The Morgan fingerprint density at radius 3 is 2.40 bits per heavy atom. The van der Waals surface area contributed by atoms with Crippen molar-refractivity contribution in [3.63, 3.8) is 0 Å². The van der Waals surface area contributed by atoms with Crippen molar-refractivity contribution in [3.8, 4) is 0 Å². The largest absolute Gasteiger partial charge is 0.342 e. The highest BCUT2D eigenvalue weighted by Crippen LogP contribution is 2.34. The smallest absolute Gasteiger partial charge is 0.290 e. The monoisotopic (exact) mass is 340 g/mol. The molecule has 0 radical (unpaired) electrons. The highest BCUT2D eigenvalue weighted by Gasteiger charge is 2.27. The lowest BCUT2D eigenvalue weighted by Gasteiger charge is -2.15. The summed E-state index contributed by atoms with van der Waals surface area (Å²) in [5.74, 6) is -0.575. The molecule has 0 saturated heterocycles. The minimum absolute atomic E-state index is 0.176. The van der Waals surface area contributed by atoms with Crippen LogP contribution in [-0.2, 0) is 9.05 Å². The van der Waals surface area contributed by atoms with Crippen LogP contribution in [-0.4, -0.2) is 37.7 Å². The number of carbonyl (C=O) groups excluding carboxylic acids is 1. The molecule has 0 bridgehead atoms. The maximum atomic E-state index is 12.0. The first kappa shape index (κ1) is 16.7. The molecule has 7 nitrogen and oxygen atoms in total. The van der Waals surface area contributed by atoms with Gasteiger partial charge in [0.05, 0.1) is 4.92 Å². The Morgan fingerprint density at radius 2 is 2.00 bits per heavy atom. The van der Waals surface area contributed by atoms with Crippen molar-refractivity contribution in [2.24, 2.45) is 0 Å². The Morgan fingerprint density at radius 1 is 1.45 bits per heavy atom. The summed E-state index contributed by atoms with van der Waals surface area (Å²) < 4.78 is 22.8. The summed E-state index contributed by atoms with van der Waals surface area (Å²) in [5, 5.41) is 10.2. The van der Waals surface area contributed by atoms with Crippen LogP contribution in [0.3, 0.4) is 0 Å². The van der Waals surface area contributed by atoms with E-state index in [4.69, 9.17) is 22.3 Å². The second kappa shape index (κ2) is 5.94. The molecule has 0 atom stereocenters. The molecule has 0 aliphatic rings. The van der Waals surface area contributed by atoms with Crippen LogP contribution in [0.5, 0.6) is 0 Å². The van der Waals surface area contributed by atoms with Gasteiger partial charge in [-0.2, -0.15) is 0 Å². The molecule has 110 valence electrons. The van der Waals surface area contributed by atoms with Crippen molar-refractivity contribution in [2.45, 2.75) is 11.8 Å². The Hall–Kier alpha value is -1.38. The van der Waals surface area contributed by atoms with Gasteiger partial charge in [0.1, 0.15) is 9.92 Å². The molecule has 1 aromatic rings. The molecule has 1 amide bonds. The molecular weight excluding hydrogens is 331 g/mol. The van der Waals surface area contributed by atoms with Gasteiger partial charge < -0.3 is 4.90 Å². The summed E-state index contributed by atoms with van der Waals surface area (Å²) in [4.78, 5) is 22.6. The van der Waals surface area contributed by atoms with Crippen LogP contribution in [0.15, 0.2) is 17.0 Å². The predicted molar refractivity (Wildman–Crippen MR) is 73.8 cm³/mol. The Balaban J connectivity index is 3.61. The molecule has 0 unspecified atom stereocenters. The molecule has 0 aliphatic heterocycles. The van der Waals surface area contributed by atoms with Crippen molar-refractivity contribution < 1.29 is 18.1 Å². The minimum atomic E-state index is -4.31. The van der Waals surface area contributed by atoms with Gasteiger partial charge in [-0.1, -0.05) is 11.6 Å². The summed E-state index contributed by atoms with van der Waals surface area (Å²) in [6.45, 7) is 2.04. The molecule has 20 heavy (non-hydrogen) atoms. The minimum Gasteiger partial charge on any atom is -0.342 e. The normalized spacial score (nSPS) is 11.2. The van der Waals surface area contributed by atoms with Crippen molar-refractivity contribution in [3.05, 3.63) is 32.8 Å². The summed E-state index contributed by atoms with van der Waals surface area (Å²) >= 11 is 5.65. The molecular formula is C10H10Cl2N2O5S. The second-order valence-electron chi connectivity index (χ2n) is 3.82. The fourth-order valence-corrected chi connectivity index (χ4v) is 2.93. The Bertz CT molecular complexity index is 674. The lowest BCUT2D eigenvalue weighted by Crippen LogP contribution is -2.26. The van der Waals surface area contributed by atoms with E-state index in [1.54, 1.807) is 6.92 Å². The van der Waals surface area contributed by atoms with Crippen molar-refractivity contribution in [2.75, 3.05) is 13.6 Å². The number of carbonyl (C=O) groups is 1. The number of rotatable bonds is 4. The van der Waals surface area contributed by atoms with Crippen LogP contribution in [0.4, 0.5) is 5.69 Å². The maximum absolute atomic E-state index is 12.0. The molecule has 0 fully saturated rings. The molecule has 0 aromatic heterocycles. The molecule has 0 saturated carbocycles. The first-order valence-electron chi connectivity index (χ1n) is 5.27. The van der Waals surface area contributed by atoms with Gasteiger partial charge in [-0.05, 0) is 13.0 Å². The van der Waals surface area contributed by atoms with Crippen LogP contribution in [0, 0.1) is 10.1 Å². The van der Waals surface area contributed by atoms with Gasteiger partial charge in [0, 0.05) is 35.9 Å².